The monoisotopic (exact) mass is 471 g/mol. The zero-order chi connectivity index (χ0) is 22.3. The molecule has 4 rings (SSSR count). The molecule has 6 nitrogen and oxygen atoms in total. The molecule has 2 N–H and O–H groups in total. The lowest BCUT2D eigenvalue weighted by molar-refractivity contribution is -0.137. The Balaban J connectivity index is 1.65. The summed E-state index contributed by atoms with van der Waals surface area (Å²) < 4.78 is 54.4. The second kappa shape index (κ2) is 8.04. The van der Waals surface area contributed by atoms with Gasteiger partial charge in [0.05, 0.1) is 16.6 Å². The van der Waals surface area contributed by atoms with Crippen molar-refractivity contribution in [3.05, 3.63) is 70.3 Å². The van der Waals surface area contributed by atoms with Crippen LogP contribution in [-0.4, -0.2) is 26.0 Å². The van der Waals surface area contributed by atoms with E-state index in [9.17, 15) is 22.4 Å². The van der Waals surface area contributed by atoms with E-state index in [4.69, 9.17) is 11.6 Å². The van der Waals surface area contributed by atoms with Gasteiger partial charge in [-0.05, 0) is 42.8 Å². The third-order valence-electron chi connectivity index (χ3n) is 4.63. The number of aryl methyl sites for hydroxylation is 1. The largest absolute Gasteiger partial charge is 0.417 e. The molecule has 0 bridgehead atoms. The molecule has 1 aliphatic heterocycles. The van der Waals surface area contributed by atoms with Crippen LogP contribution >= 0.6 is 23.4 Å². The highest BCUT2D eigenvalue weighted by Gasteiger charge is 2.38. The van der Waals surface area contributed by atoms with Gasteiger partial charge in [-0.15, -0.1) is 10.2 Å². The summed E-state index contributed by atoms with van der Waals surface area (Å²) in [6, 6.07) is 8.10. The molecule has 12 heteroatoms. The minimum Gasteiger partial charge on any atom is -0.325 e. The average molecular weight is 472 g/mol. The number of benzene rings is 2. The first-order valence-electron chi connectivity index (χ1n) is 8.92. The number of hydrogen-bond acceptors (Lipinski definition) is 5. The number of halogens is 5. The van der Waals surface area contributed by atoms with Crippen molar-refractivity contribution in [3.8, 4) is 0 Å². The number of fused-ring (bicyclic) bond motifs is 1. The third kappa shape index (κ3) is 4.33. The lowest BCUT2D eigenvalue weighted by Crippen LogP contribution is -2.41. The molecule has 0 aliphatic carbocycles. The van der Waals surface area contributed by atoms with Crippen molar-refractivity contribution < 1.29 is 22.4 Å². The van der Waals surface area contributed by atoms with Gasteiger partial charge in [0.1, 0.15) is 16.9 Å². The quantitative estimate of drug-likeness (QED) is 0.537. The van der Waals surface area contributed by atoms with E-state index >= 15 is 0 Å². The Hall–Kier alpha value is -2.79. The van der Waals surface area contributed by atoms with Crippen LogP contribution in [0.4, 0.5) is 23.2 Å². The molecule has 0 radical (unpaired) electrons. The average Bonchev–Trinajstić information content (AvgIpc) is 3.08. The van der Waals surface area contributed by atoms with Gasteiger partial charge in [0, 0.05) is 5.69 Å². The van der Waals surface area contributed by atoms with Crippen molar-refractivity contribution in [2.75, 3.05) is 10.7 Å². The first-order chi connectivity index (χ1) is 14.6. The Labute approximate surface area is 183 Å². The second-order valence-corrected chi connectivity index (χ2v) is 8.26. The van der Waals surface area contributed by atoms with E-state index in [1.165, 1.54) is 30.3 Å². The number of rotatable bonds is 3. The fourth-order valence-corrected chi connectivity index (χ4v) is 4.46. The first kappa shape index (κ1) is 21.4. The van der Waals surface area contributed by atoms with Gasteiger partial charge in [-0.2, -0.15) is 13.2 Å². The summed E-state index contributed by atoms with van der Waals surface area (Å²) in [6.07, 6.45) is -4.66. The van der Waals surface area contributed by atoms with Crippen LogP contribution in [0.1, 0.15) is 23.0 Å². The molecule has 3 aromatic rings. The molecule has 0 saturated carbocycles. The highest BCUT2D eigenvalue weighted by Crippen LogP contribution is 2.39. The van der Waals surface area contributed by atoms with E-state index < -0.39 is 39.8 Å². The van der Waals surface area contributed by atoms with Crippen molar-refractivity contribution in [3.63, 3.8) is 0 Å². The fourth-order valence-electron chi connectivity index (χ4n) is 3.11. The molecule has 2 unspecified atom stereocenters. The normalized spacial score (nSPS) is 18.3. The highest BCUT2D eigenvalue weighted by molar-refractivity contribution is 8.00. The van der Waals surface area contributed by atoms with Gasteiger partial charge in [-0.3, -0.25) is 4.79 Å². The minimum absolute atomic E-state index is 0.0524. The molecule has 1 amide bonds. The maximum Gasteiger partial charge on any atom is 0.417 e. The molecular weight excluding hydrogens is 458 g/mol. The van der Waals surface area contributed by atoms with Crippen molar-refractivity contribution >= 4 is 35.0 Å². The maximum absolute atomic E-state index is 13.4. The van der Waals surface area contributed by atoms with E-state index in [-0.39, 0.29) is 5.69 Å². The SMILES string of the molecule is Cc1nnc2n1NC(c1ccc(F)cc1)C(C(=O)Nc1ccc(Cl)c(C(F)(F)F)c1)S2. The zero-order valence-electron chi connectivity index (χ0n) is 15.7. The number of amides is 1. The van der Waals surface area contributed by atoms with E-state index in [2.05, 4.69) is 20.9 Å². The minimum atomic E-state index is -4.66. The van der Waals surface area contributed by atoms with Crippen LogP contribution in [0, 0.1) is 12.7 Å². The van der Waals surface area contributed by atoms with Crippen molar-refractivity contribution in [1.29, 1.82) is 0 Å². The van der Waals surface area contributed by atoms with Crippen LogP contribution in [0.25, 0.3) is 0 Å². The summed E-state index contributed by atoms with van der Waals surface area (Å²) in [5, 5.41) is 9.60. The van der Waals surface area contributed by atoms with Crippen molar-refractivity contribution in [2.24, 2.45) is 0 Å². The van der Waals surface area contributed by atoms with Crippen LogP contribution in [0.15, 0.2) is 47.6 Å². The first-order valence-corrected chi connectivity index (χ1v) is 10.2. The van der Waals surface area contributed by atoms with Crippen LogP contribution in [-0.2, 0) is 11.0 Å². The summed E-state index contributed by atoms with van der Waals surface area (Å²) in [5.74, 6) is -0.439. The number of nitrogens with one attached hydrogen (secondary N) is 2. The van der Waals surface area contributed by atoms with Gasteiger partial charge in [0.25, 0.3) is 0 Å². The third-order valence-corrected chi connectivity index (χ3v) is 6.17. The zero-order valence-corrected chi connectivity index (χ0v) is 17.3. The van der Waals surface area contributed by atoms with Crippen LogP contribution in [0.2, 0.25) is 5.02 Å². The van der Waals surface area contributed by atoms with Gasteiger partial charge in [0.2, 0.25) is 11.1 Å². The van der Waals surface area contributed by atoms with Gasteiger partial charge in [-0.25, -0.2) is 9.07 Å². The number of nitrogens with zero attached hydrogens (tertiary/aromatic N) is 3. The van der Waals surface area contributed by atoms with E-state index in [1.54, 1.807) is 11.6 Å². The lowest BCUT2D eigenvalue weighted by atomic mass is 10.0. The molecule has 1 aromatic heterocycles. The standard InChI is InChI=1S/C19H14ClF4N5OS/c1-9-26-27-18-29(9)28-15(10-2-4-11(21)5-3-10)16(31-18)17(30)25-12-6-7-14(20)13(8-12)19(22,23)24/h2-8,15-16,28H,1H3,(H,25,30). The molecule has 2 heterocycles. The predicted octanol–water partition coefficient (Wildman–Crippen LogP) is 4.80. The Morgan fingerprint density at radius 1 is 1.19 bits per heavy atom. The fraction of sp³-hybridized carbons (Fsp3) is 0.211. The Bertz CT molecular complexity index is 1140. The number of carbonyl (C=O) groups is 1. The summed E-state index contributed by atoms with van der Waals surface area (Å²) >= 11 is 6.74. The van der Waals surface area contributed by atoms with Gasteiger partial charge in [-0.1, -0.05) is 35.5 Å². The maximum atomic E-state index is 13.4. The summed E-state index contributed by atoms with van der Waals surface area (Å²) in [6.45, 7) is 1.72. The van der Waals surface area contributed by atoms with Crippen LogP contribution < -0.4 is 10.7 Å². The highest BCUT2D eigenvalue weighted by atomic mass is 35.5. The smallest absolute Gasteiger partial charge is 0.325 e. The number of hydrogen-bond donors (Lipinski definition) is 2. The van der Waals surface area contributed by atoms with Crippen LogP contribution in [0.5, 0.6) is 0 Å². The topological polar surface area (TPSA) is 71.8 Å². The number of anilines is 1. The van der Waals surface area contributed by atoms with Crippen molar-refractivity contribution in [1.82, 2.24) is 14.9 Å². The number of carbonyl (C=O) groups excluding carboxylic acids is 1. The van der Waals surface area contributed by atoms with E-state index in [0.29, 0.717) is 16.5 Å². The number of aromatic nitrogens is 3. The Morgan fingerprint density at radius 3 is 2.58 bits per heavy atom. The van der Waals surface area contributed by atoms with Gasteiger partial charge < -0.3 is 10.7 Å². The van der Waals surface area contributed by atoms with E-state index in [0.717, 1.165) is 23.9 Å². The molecule has 0 spiro atoms. The molecule has 31 heavy (non-hydrogen) atoms. The molecule has 0 fully saturated rings. The molecule has 2 aromatic carbocycles. The van der Waals surface area contributed by atoms with Gasteiger partial charge >= 0.3 is 6.18 Å². The molecular formula is C19H14ClF4N5OS. The summed E-state index contributed by atoms with van der Waals surface area (Å²) in [5.41, 5.74) is 2.64. The lowest BCUT2D eigenvalue weighted by Gasteiger charge is -2.32. The van der Waals surface area contributed by atoms with Gasteiger partial charge in [0.15, 0.2) is 0 Å². The Kier molecular flexibility index (Phi) is 5.56. The van der Waals surface area contributed by atoms with Crippen LogP contribution in [0.3, 0.4) is 0 Å². The predicted molar refractivity (Wildman–Crippen MR) is 108 cm³/mol. The van der Waals surface area contributed by atoms with Crippen molar-refractivity contribution in [2.45, 2.75) is 29.5 Å². The second-order valence-electron chi connectivity index (χ2n) is 6.74. The number of alkyl halides is 3. The molecule has 1 aliphatic rings. The molecule has 162 valence electrons. The summed E-state index contributed by atoms with van der Waals surface area (Å²) in [7, 11) is 0. The summed E-state index contributed by atoms with van der Waals surface area (Å²) in [4.78, 5) is 13.1. The number of thioether (sulfide) groups is 1. The van der Waals surface area contributed by atoms with E-state index in [1.807, 2.05) is 0 Å². The molecule has 2 atom stereocenters. The molecule has 0 saturated heterocycles. The Morgan fingerprint density at radius 2 is 1.90 bits per heavy atom.